The highest BCUT2D eigenvalue weighted by molar-refractivity contribution is 7.99. The number of rotatable bonds is 7. The van der Waals surface area contributed by atoms with E-state index in [0.717, 1.165) is 17.7 Å². The number of carbonyl (C=O) groups is 1. The Hall–Kier alpha value is -0.960. The Bertz CT molecular complexity index is 335. The minimum absolute atomic E-state index is 0.0763. The molecule has 94 valence electrons. The van der Waals surface area contributed by atoms with Crippen molar-refractivity contribution in [3.05, 3.63) is 35.9 Å². The molecule has 1 aromatic rings. The van der Waals surface area contributed by atoms with Gasteiger partial charge in [-0.1, -0.05) is 44.2 Å². The molecule has 1 atom stereocenters. The Kier molecular flexibility index (Phi) is 6.12. The van der Waals surface area contributed by atoms with Crippen LogP contribution in [0.2, 0.25) is 0 Å². The second-order valence-electron chi connectivity index (χ2n) is 4.55. The van der Waals surface area contributed by atoms with Crippen LogP contribution in [0, 0.1) is 5.92 Å². The molecule has 0 bridgehead atoms. The molecule has 1 aromatic carbocycles. The van der Waals surface area contributed by atoms with Crippen molar-refractivity contribution in [2.24, 2.45) is 5.92 Å². The molecule has 3 heteroatoms. The van der Waals surface area contributed by atoms with E-state index in [1.807, 2.05) is 30.3 Å². The van der Waals surface area contributed by atoms with Gasteiger partial charge in [0, 0.05) is 5.25 Å². The number of thioether (sulfide) groups is 1. The monoisotopic (exact) mass is 252 g/mol. The number of hydrogen-bond donors (Lipinski definition) is 1. The molecule has 0 unspecified atom stereocenters. The highest BCUT2D eigenvalue weighted by Gasteiger charge is 2.15. The molecular weight excluding hydrogens is 232 g/mol. The number of benzene rings is 1. The molecule has 0 heterocycles. The van der Waals surface area contributed by atoms with Gasteiger partial charge in [0.25, 0.3) is 0 Å². The lowest BCUT2D eigenvalue weighted by Crippen LogP contribution is -2.04. The van der Waals surface area contributed by atoms with Crippen LogP contribution in [0.4, 0.5) is 0 Å². The molecule has 1 rings (SSSR count). The summed E-state index contributed by atoms with van der Waals surface area (Å²) < 4.78 is 0. The third-order valence-corrected chi connectivity index (χ3v) is 3.86. The molecule has 0 aromatic heterocycles. The number of hydrogen-bond acceptors (Lipinski definition) is 2. The highest BCUT2D eigenvalue weighted by atomic mass is 32.2. The Morgan fingerprint density at radius 3 is 2.47 bits per heavy atom. The molecule has 0 fully saturated rings. The fourth-order valence-electron chi connectivity index (χ4n) is 1.55. The van der Waals surface area contributed by atoms with Crippen LogP contribution in [0.15, 0.2) is 30.3 Å². The summed E-state index contributed by atoms with van der Waals surface area (Å²) in [4.78, 5) is 10.9. The molecule has 0 radical (unpaired) electrons. The van der Waals surface area contributed by atoms with Crippen molar-refractivity contribution in [1.82, 2.24) is 0 Å². The minimum Gasteiger partial charge on any atom is -0.481 e. The van der Waals surface area contributed by atoms with Crippen molar-refractivity contribution in [3.63, 3.8) is 0 Å². The first-order chi connectivity index (χ1) is 8.09. The van der Waals surface area contributed by atoms with Crippen LogP contribution in [-0.2, 0) is 4.79 Å². The zero-order chi connectivity index (χ0) is 12.7. The number of carboxylic acids is 1. The van der Waals surface area contributed by atoms with Crippen molar-refractivity contribution in [1.29, 1.82) is 0 Å². The van der Waals surface area contributed by atoms with E-state index in [4.69, 9.17) is 5.11 Å². The van der Waals surface area contributed by atoms with Gasteiger partial charge in [0.05, 0.1) is 6.42 Å². The molecule has 0 spiro atoms. The average Bonchev–Trinajstić information content (AvgIpc) is 2.28. The maximum absolute atomic E-state index is 10.9. The van der Waals surface area contributed by atoms with Gasteiger partial charge < -0.3 is 5.11 Å². The molecule has 0 saturated carbocycles. The molecule has 0 aliphatic heterocycles. The molecule has 0 aliphatic carbocycles. The van der Waals surface area contributed by atoms with Crippen LogP contribution < -0.4 is 0 Å². The van der Waals surface area contributed by atoms with E-state index < -0.39 is 5.97 Å². The number of aliphatic carboxylic acids is 1. The normalized spacial score (nSPS) is 12.6. The summed E-state index contributed by atoms with van der Waals surface area (Å²) in [6, 6.07) is 9.91. The molecule has 0 aliphatic rings. The van der Waals surface area contributed by atoms with Crippen molar-refractivity contribution in [3.8, 4) is 0 Å². The van der Waals surface area contributed by atoms with Crippen LogP contribution in [0.1, 0.15) is 37.5 Å². The topological polar surface area (TPSA) is 37.3 Å². The Morgan fingerprint density at radius 2 is 1.94 bits per heavy atom. The van der Waals surface area contributed by atoms with Gasteiger partial charge in [-0.2, -0.15) is 11.8 Å². The second kappa shape index (κ2) is 7.38. The van der Waals surface area contributed by atoms with E-state index in [0.29, 0.717) is 5.92 Å². The van der Waals surface area contributed by atoms with Gasteiger partial charge in [0.15, 0.2) is 0 Å². The van der Waals surface area contributed by atoms with E-state index >= 15 is 0 Å². The molecule has 2 nitrogen and oxygen atoms in total. The lowest BCUT2D eigenvalue weighted by molar-refractivity contribution is -0.137. The maximum atomic E-state index is 10.9. The average molecular weight is 252 g/mol. The highest BCUT2D eigenvalue weighted by Crippen LogP contribution is 2.32. The summed E-state index contributed by atoms with van der Waals surface area (Å²) in [5.74, 6) is 0.962. The molecule has 0 amide bonds. The number of carboxylic acid groups (broad SMARTS) is 1. The van der Waals surface area contributed by atoms with Crippen LogP contribution >= 0.6 is 11.8 Å². The molecular formula is C14H20O2S. The minimum atomic E-state index is -0.726. The van der Waals surface area contributed by atoms with Gasteiger partial charge in [0.1, 0.15) is 0 Å². The van der Waals surface area contributed by atoms with Crippen molar-refractivity contribution >= 4 is 17.7 Å². The summed E-state index contributed by atoms with van der Waals surface area (Å²) in [6.07, 6.45) is 1.33. The second-order valence-corrected chi connectivity index (χ2v) is 5.86. The predicted molar refractivity (Wildman–Crippen MR) is 73.3 cm³/mol. The van der Waals surface area contributed by atoms with Gasteiger partial charge in [-0.15, -0.1) is 0 Å². The van der Waals surface area contributed by atoms with Gasteiger partial charge in [-0.25, -0.2) is 0 Å². The van der Waals surface area contributed by atoms with Gasteiger partial charge >= 0.3 is 5.97 Å². The van der Waals surface area contributed by atoms with E-state index in [1.54, 1.807) is 11.8 Å². The third-order valence-electron chi connectivity index (χ3n) is 2.55. The zero-order valence-electron chi connectivity index (χ0n) is 10.4. The first kappa shape index (κ1) is 14.1. The summed E-state index contributed by atoms with van der Waals surface area (Å²) in [5.41, 5.74) is 1.11. The van der Waals surface area contributed by atoms with Crippen LogP contribution in [0.3, 0.4) is 0 Å². The van der Waals surface area contributed by atoms with Gasteiger partial charge in [-0.3, -0.25) is 4.79 Å². The quantitative estimate of drug-likeness (QED) is 0.797. The summed E-state index contributed by atoms with van der Waals surface area (Å²) >= 11 is 1.75. The van der Waals surface area contributed by atoms with Gasteiger partial charge in [0.2, 0.25) is 0 Å². The van der Waals surface area contributed by atoms with E-state index in [9.17, 15) is 4.79 Å². The first-order valence-corrected chi connectivity index (χ1v) is 7.02. The predicted octanol–water partition coefficient (Wildman–Crippen LogP) is 3.98. The van der Waals surface area contributed by atoms with E-state index in [2.05, 4.69) is 13.8 Å². The molecule has 0 saturated heterocycles. The first-order valence-electron chi connectivity index (χ1n) is 5.98. The fourth-order valence-corrected chi connectivity index (χ4v) is 3.05. The zero-order valence-corrected chi connectivity index (χ0v) is 11.2. The lowest BCUT2D eigenvalue weighted by atomic mass is 10.1. The molecule has 1 N–H and O–H groups in total. The summed E-state index contributed by atoms with van der Waals surface area (Å²) in [5, 5.41) is 9.02. The van der Waals surface area contributed by atoms with Crippen molar-refractivity contribution in [2.75, 3.05) is 5.75 Å². The Labute approximate surface area is 107 Å². The SMILES string of the molecule is CC(C)CCS[C@H](CC(=O)O)c1ccccc1. The van der Waals surface area contributed by atoms with Crippen molar-refractivity contribution < 1.29 is 9.90 Å². The van der Waals surface area contributed by atoms with Crippen LogP contribution in [0.25, 0.3) is 0 Å². The standard InChI is InChI=1S/C14H20O2S/c1-11(2)8-9-17-13(10-14(15)16)12-6-4-3-5-7-12/h3-7,11,13H,8-10H2,1-2H3,(H,15,16)/t13-/m1/s1. The lowest BCUT2D eigenvalue weighted by Gasteiger charge is -2.15. The van der Waals surface area contributed by atoms with Gasteiger partial charge in [-0.05, 0) is 23.7 Å². The third kappa shape index (κ3) is 5.78. The van der Waals surface area contributed by atoms with E-state index in [-0.39, 0.29) is 11.7 Å². The molecule has 17 heavy (non-hydrogen) atoms. The van der Waals surface area contributed by atoms with E-state index in [1.165, 1.54) is 0 Å². The summed E-state index contributed by atoms with van der Waals surface area (Å²) in [6.45, 7) is 4.38. The maximum Gasteiger partial charge on any atom is 0.304 e. The van der Waals surface area contributed by atoms with Crippen LogP contribution in [-0.4, -0.2) is 16.8 Å². The van der Waals surface area contributed by atoms with Crippen molar-refractivity contribution in [2.45, 2.75) is 31.9 Å². The Morgan fingerprint density at radius 1 is 1.29 bits per heavy atom. The summed E-state index contributed by atoms with van der Waals surface area (Å²) in [7, 11) is 0. The Balaban J connectivity index is 2.58. The smallest absolute Gasteiger partial charge is 0.304 e. The fraction of sp³-hybridized carbons (Fsp3) is 0.500. The van der Waals surface area contributed by atoms with Crippen LogP contribution in [0.5, 0.6) is 0 Å². The largest absolute Gasteiger partial charge is 0.481 e.